The number of nitrogens with one attached hydrogen (secondary N) is 1. The van der Waals surface area contributed by atoms with Crippen LogP contribution in [0.3, 0.4) is 0 Å². The fourth-order valence-electron chi connectivity index (χ4n) is 3.84. The van der Waals surface area contributed by atoms with Crippen molar-refractivity contribution in [3.63, 3.8) is 0 Å². The summed E-state index contributed by atoms with van der Waals surface area (Å²) in [5.41, 5.74) is 1.45. The molecular formula is C28H30Cl3N3O4S. The number of amides is 2. The number of hydrogen-bond donors (Lipinski definition) is 1. The number of halogens is 3. The molecular weight excluding hydrogens is 581 g/mol. The summed E-state index contributed by atoms with van der Waals surface area (Å²) in [6, 6.07) is 16.6. The molecule has 0 saturated carbocycles. The number of para-hydroxylation sites is 1. The van der Waals surface area contributed by atoms with Crippen LogP contribution in [-0.2, 0) is 26.2 Å². The Bertz CT molecular complexity index is 1410. The second kappa shape index (κ2) is 13.5. The maximum absolute atomic E-state index is 13.9. The smallest absolute Gasteiger partial charge is 0.264 e. The van der Waals surface area contributed by atoms with Crippen LogP contribution in [0.15, 0.2) is 71.6 Å². The van der Waals surface area contributed by atoms with Gasteiger partial charge < -0.3 is 10.2 Å². The van der Waals surface area contributed by atoms with Gasteiger partial charge in [-0.15, -0.1) is 0 Å². The summed E-state index contributed by atoms with van der Waals surface area (Å²) in [5.74, 6) is -1.03. The maximum atomic E-state index is 13.9. The molecule has 0 aliphatic heterocycles. The third kappa shape index (κ3) is 7.45. The maximum Gasteiger partial charge on any atom is 0.264 e. The molecule has 0 fully saturated rings. The lowest BCUT2D eigenvalue weighted by atomic mass is 10.1. The van der Waals surface area contributed by atoms with E-state index in [2.05, 4.69) is 5.32 Å². The van der Waals surface area contributed by atoms with Gasteiger partial charge in [-0.3, -0.25) is 13.9 Å². The second-order valence-corrected chi connectivity index (χ2v) is 12.0. The SMILES string of the molecule is CCCNC(=O)[C@H](C)N(Cc1c(Cl)cccc1Cl)C(=O)CN(c1ccccc1Cl)S(=O)(=O)c1ccc(C)cc1. The van der Waals surface area contributed by atoms with Crippen molar-refractivity contribution in [1.29, 1.82) is 0 Å². The third-order valence-electron chi connectivity index (χ3n) is 6.12. The molecule has 3 aromatic carbocycles. The topological polar surface area (TPSA) is 86.8 Å². The summed E-state index contributed by atoms with van der Waals surface area (Å²) >= 11 is 19.2. The van der Waals surface area contributed by atoms with E-state index < -0.39 is 28.5 Å². The molecule has 208 valence electrons. The van der Waals surface area contributed by atoms with E-state index in [0.717, 1.165) is 9.87 Å². The van der Waals surface area contributed by atoms with Gasteiger partial charge in [0.1, 0.15) is 12.6 Å². The highest BCUT2D eigenvalue weighted by atomic mass is 35.5. The van der Waals surface area contributed by atoms with Crippen molar-refractivity contribution in [1.82, 2.24) is 10.2 Å². The van der Waals surface area contributed by atoms with Crippen LogP contribution in [0.2, 0.25) is 15.1 Å². The Morgan fingerprint density at radius 2 is 1.49 bits per heavy atom. The van der Waals surface area contributed by atoms with Gasteiger partial charge >= 0.3 is 0 Å². The quantitative estimate of drug-likeness (QED) is 0.285. The summed E-state index contributed by atoms with van der Waals surface area (Å²) in [6.45, 7) is 5.02. The molecule has 11 heteroatoms. The minimum Gasteiger partial charge on any atom is -0.354 e. The number of nitrogens with zero attached hydrogens (tertiary/aromatic N) is 2. The molecule has 0 saturated heterocycles. The van der Waals surface area contributed by atoms with Crippen molar-refractivity contribution in [2.24, 2.45) is 0 Å². The number of sulfonamides is 1. The molecule has 1 atom stereocenters. The Labute approximate surface area is 244 Å². The molecule has 0 heterocycles. The van der Waals surface area contributed by atoms with Gasteiger partial charge in [0.2, 0.25) is 11.8 Å². The first kappa shape index (κ1) is 30.8. The molecule has 0 aliphatic carbocycles. The standard InChI is InChI=1S/C28H30Cl3N3O4S/c1-4-16-32-28(36)20(3)33(17-22-23(29)9-7-10-24(22)30)27(35)18-34(26-11-6-5-8-25(26)31)39(37,38)21-14-12-19(2)13-15-21/h5-15,20H,4,16-18H2,1-3H3,(H,32,36)/t20-/m0/s1. The Balaban J connectivity index is 2.07. The van der Waals surface area contributed by atoms with Crippen molar-refractivity contribution in [2.45, 2.75) is 44.7 Å². The van der Waals surface area contributed by atoms with Crippen LogP contribution < -0.4 is 9.62 Å². The normalized spacial score (nSPS) is 12.1. The molecule has 0 unspecified atom stereocenters. The molecule has 0 radical (unpaired) electrons. The first-order valence-electron chi connectivity index (χ1n) is 12.3. The Kier molecular flexibility index (Phi) is 10.7. The fraction of sp³-hybridized carbons (Fsp3) is 0.286. The van der Waals surface area contributed by atoms with Crippen molar-refractivity contribution < 1.29 is 18.0 Å². The molecule has 0 aromatic heterocycles. The van der Waals surface area contributed by atoms with Crippen LogP contribution in [0.5, 0.6) is 0 Å². The van der Waals surface area contributed by atoms with Gasteiger partial charge in [0.15, 0.2) is 0 Å². The van der Waals surface area contributed by atoms with Crippen LogP contribution in [0.4, 0.5) is 5.69 Å². The van der Waals surface area contributed by atoms with Crippen LogP contribution in [0.25, 0.3) is 0 Å². The monoisotopic (exact) mass is 609 g/mol. The largest absolute Gasteiger partial charge is 0.354 e. The summed E-state index contributed by atoms with van der Waals surface area (Å²) in [6.07, 6.45) is 0.706. The first-order chi connectivity index (χ1) is 18.5. The lowest BCUT2D eigenvalue weighted by molar-refractivity contribution is -0.139. The molecule has 1 N–H and O–H groups in total. The van der Waals surface area contributed by atoms with Gasteiger partial charge in [-0.1, -0.05) is 77.6 Å². The van der Waals surface area contributed by atoms with E-state index in [-0.39, 0.29) is 28.1 Å². The predicted octanol–water partition coefficient (Wildman–Crippen LogP) is 6.09. The van der Waals surface area contributed by atoms with E-state index in [9.17, 15) is 18.0 Å². The summed E-state index contributed by atoms with van der Waals surface area (Å²) < 4.78 is 28.6. The van der Waals surface area contributed by atoms with Gasteiger partial charge in [0.25, 0.3) is 10.0 Å². The average Bonchev–Trinajstić information content (AvgIpc) is 2.90. The van der Waals surface area contributed by atoms with Gasteiger partial charge in [-0.2, -0.15) is 0 Å². The first-order valence-corrected chi connectivity index (χ1v) is 14.9. The van der Waals surface area contributed by atoms with Crippen molar-refractivity contribution in [2.75, 3.05) is 17.4 Å². The minimum absolute atomic E-state index is 0.00439. The van der Waals surface area contributed by atoms with E-state index in [0.29, 0.717) is 28.6 Å². The highest BCUT2D eigenvalue weighted by Crippen LogP contribution is 2.31. The molecule has 0 bridgehead atoms. The van der Waals surface area contributed by atoms with Gasteiger partial charge in [0, 0.05) is 28.7 Å². The summed E-state index contributed by atoms with van der Waals surface area (Å²) in [7, 11) is -4.22. The zero-order valence-corrected chi connectivity index (χ0v) is 24.9. The second-order valence-electron chi connectivity index (χ2n) is 8.96. The highest BCUT2D eigenvalue weighted by molar-refractivity contribution is 7.92. The van der Waals surface area contributed by atoms with Crippen LogP contribution >= 0.6 is 34.8 Å². The van der Waals surface area contributed by atoms with Gasteiger partial charge in [-0.05, 0) is 56.7 Å². The number of carbonyl (C=O) groups excluding carboxylic acids is 2. The minimum atomic E-state index is -4.22. The zero-order chi connectivity index (χ0) is 28.7. The average molecular weight is 611 g/mol. The molecule has 7 nitrogen and oxygen atoms in total. The summed E-state index contributed by atoms with van der Waals surface area (Å²) in [4.78, 5) is 28.1. The molecule has 39 heavy (non-hydrogen) atoms. The van der Waals surface area contributed by atoms with E-state index in [4.69, 9.17) is 34.8 Å². The molecule has 3 aromatic rings. The summed E-state index contributed by atoms with van der Waals surface area (Å²) in [5, 5.41) is 3.57. The lowest BCUT2D eigenvalue weighted by Gasteiger charge is -2.32. The number of aryl methyl sites for hydroxylation is 1. The molecule has 0 spiro atoms. The number of anilines is 1. The van der Waals surface area contributed by atoms with Gasteiger partial charge in [0.05, 0.1) is 15.6 Å². The van der Waals surface area contributed by atoms with E-state index in [1.165, 1.54) is 23.1 Å². The Morgan fingerprint density at radius 1 is 0.897 bits per heavy atom. The van der Waals surface area contributed by atoms with Crippen molar-refractivity contribution >= 4 is 62.3 Å². The van der Waals surface area contributed by atoms with Crippen molar-refractivity contribution in [3.8, 4) is 0 Å². The van der Waals surface area contributed by atoms with E-state index >= 15 is 0 Å². The lowest BCUT2D eigenvalue weighted by Crippen LogP contribution is -2.51. The predicted molar refractivity (Wildman–Crippen MR) is 157 cm³/mol. The molecule has 3 rings (SSSR count). The fourth-order valence-corrected chi connectivity index (χ4v) is 6.07. The van der Waals surface area contributed by atoms with Crippen LogP contribution in [-0.4, -0.2) is 44.3 Å². The number of rotatable bonds is 11. The third-order valence-corrected chi connectivity index (χ3v) is 8.92. The highest BCUT2D eigenvalue weighted by Gasteiger charge is 2.33. The van der Waals surface area contributed by atoms with E-state index in [1.807, 2.05) is 13.8 Å². The molecule has 2 amide bonds. The Morgan fingerprint density at radius 3 is 2.08 bits per heavy atom. The Hall–Kier alpha value is -2.78. The van der Waals surface area contributed by atoms with Crippen molar-refractivity contribution in [3.05, 3.63) is 92.9 Å². The number of hydrogen-bond acceptors (Lipinski definition) is 4. The zero-order valence-electron chi connectivity index (χ0n) is 21.8. The number of benzene rings is 3. The van der Waals surface area contributed by atoms with Gasteiger partial charge in [-0.25, -0.2) is 8.42 Å². The van der Waals surface area contributed by atoms with Crippen LogP contribution in [0.1, 0.15) is 31.4 Å². The molecule has 0 aliphatic rings. The number of carbonyl (C=O) groups is 2. The van der Waals surface area contributed by atoms with E-state index in [1.54, 1.807) is 55.5 Å². The van der Waals surface area contributed by atoms with Crippen LogP contribution in [0, 0.1) is 6.92 Å².